The van der Waals surface area contributed by atoms with Crippen LogP contribution in [0.5, 0.6) is 0 Å². The number of nitrogens with one attached hydrogen (secondary N) is 1. The summed E-state index contributed by atoms with van der Waals surface area (Å²) < 4.78 is 49.1. The molecule has 0 radical (unpaired) electrons. The van der Waals surface area contributed by atoms with Gasteiger partial charge in [-0.05, 0) is 18.8 Å². The van der Waals surface area contributed by atoms with Gasteiger partial charge in [-0.2, -0.15) is 8.78 Å². The Morgan fingerprint density at radius 1 is 1.40 bits per heavy atom. The van der Waals surface area contributed by atoms with Crippen LogP contribution in [0.4, 0.5) is 22.4 Å². The fourth-order valence-corrected chi connectivity index (χ4v) is 1.96. The van der Waals surface area contributed by atoms with E-state index in [2.05, 4.69) is 0 Å². The molecule has 1 unspecified atom stereocenters. The smallest absolute Gasteiger partial charge is 0.324 e. The van der Waals surface area contributed by atoms with Crippen LogP contribution in [-0.2, 0) is 4.79 Å². The first-order valence-corrected chi connectivity index (χ1v) is 6.13. The molecule has 1 saturated heterocycles. The standard InChI is InChI=1S/C11H16F4N2O3/c12-9(13)11(14,15)6-16-10(20)17-4-3-7(5-17)1-2-8(18)19/h7,9H,1-6H2,(H,16,20)(H,18,19). The predicted molar refractivity (Wildman–Crippen MR) is 60.9 cm³/mol. The number of aliphatic carboxylic acids is 1. The summed E-state index contributed by atoms with van der Waals surface area (Å²) in [6.45, 7) is -0.866. The van der Waals surface area contributed by atoms with Gasteiger partial charge in [0.15, 0.2) is 0 Å². The molecule has 0 spiro atoms. The molecule has 0 aromatic carbocycles. The van der Waals surface area contributed by atoms with Crippen molar-refractivity contribution in [3.05, 3.63) is 0 Å². The van der Waals surface area contributed by atoms with Crippen molar-refractivity contribution in [1.82, 2.24) is 10.2 Å². The molecule has 0 aliphatic carbocycles. The molecule has 20 heavy (non-hydrogen) atoms. The maximum atomic E-state index is 12.6. The minimum absolute atomic E-state index is 0.00698. The Bertz CT molecular complexity index is 366. The molecule has 1 rings (SSSR count). The Labute approximate surface area is 112 Å². The monoisotopic (exact) mass is 300 g/mol. The Hall–Kier alpha value is -1.54. The average Bonchev–Trinajstić information content (AvgIpc) is 2.82. The minimum Gasteiger partial charge on any atom is -0.481 e. The Kier molecular flexibility index (Phi) is 5.58. The molecule has 1 aliphatic heterocycles. The summed E-state index contributed by atoms with van der Waals surface area (Å²) in [4.78, 5) is 23.1. The zero-order valence-electron chi connectivity index (χ0n) is 10.6. The molecular weight excluding hydrogens is 284 g/mol. The molecule has 5 nitrogen and oxygen atoms in total. The number of carboxylic acid groups (broad SMARTS) is 1. The van der Waals surface area contributed by atoms with Crippen LogP contribution in [-0.4, -0.2) is 54.0 Å². The van der Waals surface area contributed by atoms with E-state index in [9.17, 15) is 27.2 Å². The molecule has 0 aromatic heterocycles. The van der Waals surface area contributed by atoms with Crippen molar-refractivity contribution in [3.8, 4) is 0 Å². The lowest BCUT2D eigenvalue weighted by atomic mass is 10.0. The van der Waals surface area contributed by atoms with Crippen molar-refractivity contribution < 1.29 is 32.3 Å². The fourth-order valence-electron chi connectivity index (χ4n) is 1.96. The molecule has 0 bridgehead atoms. The summed E-state index contributed by atoms with van der Waals surface area (Å²) in [6, 6.07) is -0.830. The molecule has 1 fully saturated rings. The SMILES string of the molecule is O=C(O)CCC1CCN(C(=O)NCC(F)(F)C(F)F)C1. The first-order chi connectivity index (χ1) is 9.22. The summed E-state index contributed by atoms with van der Waals surface area (Å²) in [6.07, 6.45) is -2.88. The molecule has 1 heterocycles. The second kappa shape index (κ2) is 6.76. The predicted octanol–water partition coefficient (Wildman–Crippen LogP) is 1.78. The Balaban J connectivity index is 2.33. The number of nitrogens with zero attached hydrogens (tertiary/aromatic N) is 1. The number of carboxylic acids is 1. The van der Waals surface area contributed by atoms with Gasteiger partial charge in [0.25, 0.3) is 0 Å². The maximum Gasteiger partial charge on any atom is 0.324 e. The van der Waals surface area contributed by atoms with Gasteiger partial charge in [0.05, 0.1) is 6.54 Å². The van der Waals surface area contributed by atoms with Gasteiger partial charge in [-0.1, -0.05) is 0 Å². The maximum absolute atomic E-state index is 12.6. The van der Waals surface area contributed by atoms with Crippen LogP contribution in [0.1, 0.15) is 19.3 Å². The highest BCUT2D eigenvalue weighted by Crippen LogP contribution is 2.23. The molecule has 1 aliphatic rings. The van der Waals surface area contributed by atoms with E-state index < -0.39 is 30.9 Å². The topological polar surface area (TPSA) is 69.6 Å². The third kappa shape index (κ3) is 4.86. The number of carbonyl (C=O) groups excluding carboxylic acids is 1. The average molecular weight is 300 g/mol. The van der Waals surface area contributed by atoms with Gasteiger partial charge in [-0.15, -0.1) is 0 Å². The van der Waals surface area contributed by atoms with E-state index in [4.69, 9.17) is 5.11 Å². The summed E-state index contributed by atoms with van der Waals surface area (Å²) >= 11 is 0. The van der Waals surface area contributed by atoms with Crippen molar-refractivity contribution in [1.29, 1.82) is 0 Å². The third-order valence-electron chi connectivity index (χ3n) is 3.13. The van der Waals surface area contributed by atoms with Crippen molar-refractivity contribution in [3.63, 3.8) is 0 Å². The van der Waals surface area contributed by atoms with Gasteiger partial charge in [0, 0.05) is 19.5 Å². The number of hydrogen-bond donors (Lipinski definition) is 2. The van der Waals surface area contributed by atoms with Gasteiger partial charge in [0.1, 0.15) is 0 Å². The number of rotatable bonds is 6. The van der Waals surface area contributed by atoms with Gasteiger partial charge in [-0.3, -0.25) is 4.79 Å². The highest BCUT2D eigenvalue weighted by Gasteiger charge is 2.41. The van der Waals surface area contributed by atoms with E-state index in [1.54, 1.807) is 5.32 Å². The fraction of sp³-hybridized carbons (Fsp3) is 0.818. The summed E-state index contributed by atoms with van der Waals surface area (Å²) in [5.74, 6) is -5.20. The quantitative estimate of drug-likeness (QED) is 0.735. The van der Waals surface area contributed by atoms with Crippen LogP contribution in [0.15, 0.2) is 0 Å². The van der Waals surface area contributed by atoms with Crippen LogP contribution in [0.25, 0.3) is 0 Å². The zero-order chi connectivity index (χ0) is 15.3. The van der Waals surface area contributed by atoms with E-state index in [-0.39, 0.29) is 18.9 Å². The first kappa shape index (κ1) is 16.5. The molecule has 9 heteroatoms. The normalized spacial score (nSPS) is 19.4. The minimum atomic E-state index is -4.25. The lowest BCUT2D eigenvalue weighted by molar-refractivity contribution is -0.137. The second-order valence-electron chi connectivity index (χ2n) is 4.75. The highest BCUT2D eigenvalue weighted by atomic mass is 19.3. The number of alkyl halides is 4. The number of urea groups is 1. The highest BCUT2D eigenvalue weighted by molar-refractivity contribution is 5.74. The Morgan fingerprint density at radius 3 is 2.60 bits per heavy atom. The molecular formula is C11H16F4N2O3. The van der Waals surface area contributed by atoms with E-state index >= 15 is 0 Å². The van der Waals surface area contributed by atoms with E-state index in [0.717, 1.165) is 0 Å². The molecule has 2 amide bonds. The van der Waals surface area contributed by atoms with Crippen LogP contribution >= 0.6 is 0 Å². The number of carbonyl (C=O) groups is 2. The van der Waals surface area contributed by atoms with E-state index in [1.165, 1.54) is 4.90 Å². The van der Waals surface area contributed by atoms with Crippen LogP contribution in [0.3, 0.4) is 0 Å². The molecule has 2 N–H and O–H groups in total. The summed E-state index contributed by atoms with van der Waals surface area (Å²) in [5.41, 5.74) is 0. The number of hydrogen-bond acceptors (Lipinski definition) is 2. The lowest BCUT2D eigenvalue weighted by Gasteiger charge is -2.20. The third-order valence-corrected chi connectivity index (χ3v) is 3.13. The van der Waals surface area contributed by atoms with Gasteiger partial charge < -0.3 is 15.3 Å². The lowest BCUT2D eigenvalue weighted by Crippen LogP contribution is -2.46. The van der Waals surface area contributed by atoms with Crippen LogP contribution in [0, 0.1) is 5.92 Å². The van der Waals surface area contributed by atoms with Crippen molar-refractivity contribution in [2.45, 2.75) is 31.6 Å². The zero-order valence-corrected chi connectivity index (χ0v) is 10.6. The molecule has 0 saturated carbocycles. The van der Waals surface area contributed by atoms with Gasteiger partial charge >= 0.3 is 24.3 Å². The van der Waals surface area contributed by atoms with E-state index in [0.29, 0.717) is 19.4 Å². The summed E-state index contributed by atoms with van der Waals surface area (Å²) in [5, 5.41) is 10.3. The largest absolute Gasteiger partial charge is 0.481 e. The molecule has 1 atom stereocenters. The van der Waals surface area contributed by atoms with Crippen LogP contribution < -0.4 is 5.32 Å². The van der Waals surface area contributed by atoms with Crippen LogP contribution in [0.2, 0.25) is 0 Å². The van der Waals surface area contributed by atoms with Gasteiger partial charge in [-0.25, -0.2) is 13.6 Å². The van der Waals surface area contributed by atoms with E-state index in [1.807, 2.05) is 0 Å². The number of amides is 2. The molecule has 0 aromatic rings. The summed E-state index contributed by atoms with van der Waals surface area (Å²) in [7, 11) is 0. The van der Waals surface area contributed by atoms with Gasteiger partial charge in [0.2, 0.25) is 0 Å². The van der Waals surface area contributed by atoms with Crippen molar-refractivity contribution in [2.75, 3.05) is 19.6 Å². The number of halogens is 4. The molecule has 116 valence electrons. The second-order valence-corrected chi connectivity index (χ2v) is 4.75. The first-order valence-electron chi connectivity index (χ1n) is 6.13. The van der Waals surface area contributed by atoms with Crippen molar-refractivity contribution in [2.24, 2.45) is 5.92 Å². The number of likely N-dealkylation sites (tertiary alicyclic amines) is 1. The Morgan fingerprint density at radius 2 is 2.05 bits per heavy atom. The van der Waals surface area contributed by atoms with Crippen molar-refractivity contribution >= 4 is 12.0 Å².